The van der Waals surface area contributed by atoms with E-state index in [0.717, 1.165) is 12.8 Å². The van der Waals surface area contributed by atoms with Crippen LogP contribution in [-0.4, -0.2) is 17.7 Å². The Bertz CT molecular complexity index is 521. The zero-order chi connectivity index (χ0) is 14.5. The largest absolute Gasteiger partial charge is 0.326 e. The quantitative estimate of drug-likeness (QED) is 0.722. The van der Waals surface area contributed by atoms with Crippen LogP contribution in [0.1, 0.15) is 36.5 Å². The van der Waals surface area contributed by atoms with Gasteiger partial charge in [0.25, 0.3) is 5.91 Å². The highest BCUT2D eigenvalue weighted by Gasteiger charge is 2.29. The summed E-state index contributed by atoms with van der Waals surface area (Å²) in [5.74, 6) is -0.571. The minimum atomic E-state index is -0.382. The Morgan fingerprint density at radius 2 is 1.75 bits per heavy atom. The second kappa shape index (κ2) is 6.18. The van der Waals surface area contributed by atoms with Crippen molar-refractivity contribution in [3.63, 3.8) is 0 Å². The molecule has 2 rings (SSSR count). The van der Waals surface area contributed by atoms with E-state index in [1.807, 2.05) is 0 Å². The van der Waals surface area contributed by atoms with Gasteiger partial charge in [-0.1, -0.05) is 6.92 Å². The Balaban J connectivity index is 1.86. The average Bonchev–Trinajstić information content (AvgIpc) is 3.29. The van der Waals surface area contributed by atoms with Crippen molar-refractivity contribution in [2.24, 2.45) is 5.92 Å². The van der Waals surface area contributed by atoms with Gasteiger partial charge in [0.15, 0.2) is 0 Å². The summed E-state index contributed by atoms with van der Waals surface area (Å²) in [6.45, 7) is 1.76. The molecule has 0 saturated heterocycles. The monoisotopic (exact) mass is 275 g/mol. The molecule has 1 aromatic rings. The van der Waals surface area contributed by atoms with Gasteiger partial charge in [-0.2, -0.15) is 0 Å². The van der Waals surface area contributed by atoms with Crippen molar-refractivity contribution in [2.45, 2.75) is 26.2 Å². The molecule has 0 heterocycles. The Morgan fingerprint density at radius 1 is 1.10 bits per heavy atom. The second-order valence-corrected chi connectivity index (χ2v) is 4.70. The molecule has 1 saturated carbocycles. The van der Waals surface area contributed by atoms with Crippen molar-refractivity contribution in [1.82, 2.24) is 10.9 Å². The minimum absolute atomic E-state index is 0.0435. The molecule has 3 N–H and O–H groups in total. The molecule has 1 aromatic carbocycles. The third-order valence-corrected chi connectivity index (χ3v) is 3.00. The first-order valence-corrected chi connectivity index (χ1v) is 6.60. The number of hydrogen-bond acceptors (Lipinski definition) is 3. The van der Waals surface area contributed by atoms with Crippen LogP contribution in [0.2, 0.25) is 0 Å². The van der Waals surface area contributed by atoms with Crippen molar-refractivity contribution in [3.8, 4) is 0 Å². The van der Waals surface area contributed by atoms with Gasteiger partial charge in [0.2, 0.25) is 11.8 Å². The SMILES string of the molecule is CCC(=O)Nc1ccc(C(=O)NNC(=O)C2CC2)cc1. The van der Waals surface area contributed by atoms with E-state index >= 15 is 0 Å². The molecule has 1 fully saturated rings. The van der Waals surface area contributed by atoms with Crippen LogP contribution in [0, 0.1) is 5.92 Å². The van der Waals surface area contributed by atoms with E-state index in [9.17, 15) is 14.4 Å². The number of hydrazine groups is 1. The van der Waals surface area contributed by atoms with E-state index in [4.69, 9.17) is 0 Å². The van der Waals surface area contributed by atoms with Gasteiger partial charge >= 0.3 is 0 Å². The van der Waals surface area contributed by atoms with Gasteiger partial charge in [-0.3, -0.25) is 25.2 Å². The molecule has 0 atom stereocenters. The Hall–Kier alpha value is -2.37. The van der Waals surface area contributed by atoms with Gasteiger partial charge in [-0.15, -0.1) is 0 Å². The summed E-state index contributed by atoms with van der Waals surface area (Å²) < 4.78 is 0. The number of carbonyl (C=O) groups excluding carboxylic acids is 3. The van der Waals surface area contributed by atoms with Crippen LogP contribution in [0.15, 0.2) is 24.3 Å². The lowest BCUT2D eigenvalue weighted by molar-refractivity contribution is -0.123. The summed E-state index contributed by atoms with van der Waals surface area (Å²) >= 11 is 0. The summed E-state index contributed by atoms with van der Waals surface area (Å²) in [6.07, 6.45) is 2.16. The molecular formula is C14H17N3O3. The first-order chi connectivity index (χ1) is 9.60. The van der Waals surface area contributed by atoms with Crippen LogP contribution < -0.4 is 16.2 Å². The molecule has 1 aliphatic rings. The average molecular weight is 275 g/mol. The fraction of sp³-hybridized carbons (Fsp3) is 0.357. The van der Waals surface area contributed by atoms with Gasteiger partial charge in [-0.25, -0.2) is 0 Å². The maximum absolute atomic E-state index is 11.8. The zero-order valence-corrected chi connectivity index (χ0v) is 11.2. The Kier molecular flexibility index (Phi) is 4.34. The predicted molar refractivity (Wildman–Crippen MR) is 73.7 cm³/mol. The third-order valence-electron chi connectivity index (χ3n) is 3.00. The standard InChI is InChI=1S/C14H17N3O3/c1-2-12(18)15-11-7-5-10(6-8-11)14(20)17-16-13(19)9-3-4-9/h5-9H,2-4H2,1H3,(H,15,18)(H,16,19)(H,17,20). The van der Waals surface area contributed by atoms with Gasteiger partial charge in [0.1, 0.15) is 0 Å². The molecule has 0 radical (unpaired) electrons. The number of nitrogens with one attached hydrogen (secondary N) is 3. The van der Waals surface area contributed by atoms with Gasteiger partial charge in [0, 0.05) is 23.6 Å². The fourth-order valence-electron chi connectivity index (χ4n) is 1.59. The van der Waals surface area contributed by atoms with E-state index < -0.39 is 0 Å². The molecular weight excluding hydrogens is 258 g/mol. The zero-order valence-electron chi connectivity index (χ0n) is 11.2. The van der Waals surface area contributed by atoms with Gasteiger partial charge in [0.05, 0.1) is 0 Å². The number of carbonyl (C=O) groups is 3. The molecule has 0 spiro atoms. The lowest BCUT2D eigenvalue weighted by atomic mass is 10.2. The van der Waals surface area contributed by atoms with Gasteiger partial charge < -0.3 is 5.32 Å². The molecule has 106 valence electrons. The normalized spacial score (nSPS) is 13.4. The number of anilines is 1. The molecule has 0 bridgehead atoms. The van der Waals surface area contributed by atoms with Crippen LogP contribution in [0.5, 0.6) is 0 Å². The predicted octanol–water partition coefficient (Wildman–Crippen LogP) is 1.21. The number of amides is 3. The highest BCUT2D eigenvalue weighted by molar-refractivity contribution is 5.96. The topological polar surface area (TPSA) is 87.3 Å². The fourth-order valence-corrected chi connectivity index (χ4v) is 1.59. The summed E-state index contributed by atoms with van der Waals surface area (Å²) in [4.78, 5) is 34.4. The maximum atomic E-state index is 11.8. The highest BCUT2D eigenvalue weighted by atomic mass is 16.2. The number of rotatable bonds is 4. The minimum Gasteiger partial charge on any atom is -0.326 e. The van der Waals surface area contributed by atoms with Gasteiger partial charge in [-0.05, 0) is 37.1 Å². The lowest BCUT2D eigenvalue weighted by Gasteiger charge is -2.08. The highest BCUT2D eigenvalue weighted by Crippen LogP contribution is 2.28. The Labute approximate surface area is 116 Å². The van der Waals surface area contributed by atoms with Crippen molar-refractivity contribution in [1.29, 1.82) is 0 Å². The molecule has 6 nitrogen and oxygen atoms in total. The van der Waals surface area contributed by atoms with Crippen LogP contribution in [0.3, 0.4) is 0 Å². The van der Waals surface area contributed by atoms with Crippen molar-refractivity contribution in [3.05, 3.63) is 29.8 Å². The van der Waals surface area contributed by atoms with E-state index in [-0.39, 0.29) is 23.6 Å². The summed E-state index contributed by atoms with van der Waals surface area (Å²) in [5, 5.41) is 2.69. The summed E-state index contributed by atoms with van der Waals surface area (Å²) in [6, 6.07) is 6.46. The third kappa shape index (κ3) is 3.81. The molecule has 1 aliphatic carbocycles. The maximum Gasteiger partial charge on any atom is 0.269 e. The molecule has 0 unspecified atom stereocenters. The summed E-state index contributed by atoms with van der Waals surface area (Å²) in [7, 11) is 0. The molecule has 0 aliphatic heterocycles. The molecule has 20 heavy (non-hydrogen) atoms. The number of benzene rings is 1. The molecule has 3 amide bonds. The smallest absolute Gasteiger partial charge is 0.269 e. The van der Waals surface area contributed by atoms with E-state index in [1.165, 1.54) is 0 Å². The summed E-state index contributed by atoms with van der Waals surface area (Å²) in [5.41, 5.74) is 5.80. The van der Waals surface area contributed by atoms with E-state index in [0.29, 0.717) is 17.7 Å². The van der Waals surface area contributed by atoms with Crippen molar-refractivity contribution >= 4 is 23.4 Å². The first-order valence-electron chi connectivity index (χ1n) is 6.60. The van der Waals surface area contributed by atoms with Crippen LogP contribution in [0.4, 0.5) is 5.69 Å². The molecule has 6 heteroatoms. The second-order valence-electron chi connectivity index (χ2n) is 4.70. The van der Waals surface area contributed by atoms with Crippen LogP contribution in [0.25, 0.3) is 0 Å². The van der Waals surface area contributed by atoms with Crippen molar-refractivity contribution in [2.75, 3.05) is 5.32 Å². The van der Waals surface area contributed by atoms with Crippen molar-refractivity contribution < 1.29 is 14.4 Å². The number of hydrogen-bond donors (Lipinski definition) is 3. The van der Waals surface area contributed by atoms with Crippen LogP contribution >= 0.6 is 0 Å². The molecule has 0 aromatic heterocycles. The van der Waals surface area contributed by atoms with Crippen LogP contribution in [-0.2, 0) is 9.59 Å². The lowest BCUT2D eigenvalue weighted by Crippen LogP contribution is -2.42. The van der Waals surface area contributed by atoms with E-state index in [1.54, 1.807) is 31.2 Å². The first kappa shape index (κ1) is 14.0. The Morgan fingerprint density at radius 3 is 2.30 bits per heavy atom. The van der Waals surface area contributed by atoms with E-state index in [2.05, 4.69) is 16.2 Å².